The summed E-state index contributed by atoms with van der Waals surface area (Å²) in [6, 6.07) is 6.18. The van der Waals surface area contributed by atoms with Crippen molar-refractivity contribution >= 4 is 27.5 Å². The molecule has 1 aromatic carbocycles. The molecule has 1 saturated heterocycles. The molecule has 1 amide bonds. The van der Waals surface area contributed by atoms with Gasteiger partial charge in [0.2, 0.25) is 21.8 Å². The van der Waals surface area contributed by atoms with Crippen molar-refractivity contribution in [2.24, 2.45) is 0 Å². The fraction of sp³-hybridized carbons (Fsp3) is 0.438. The van der Waals surface area contributed by atoms with Crippen molar-refractivity contribution in [2.75, 3.05) is 26.2 Å². The van der Waals surface area contributed by atoms with Crippen molar-refractivity contribution in [1.82, 2.24) is 19.3 Å². The first-order valence-corrected chi connectivity index (χ1v) is 10.0. The van der Waals surface area contributed by atoms with E-state index in [-0.39, 0.29) is 30.3 Å². The molecule has 0 saturated carbocycles. The van der Waals surface area contributed by atoms with Crippen LogP contribution in [0.4, 0.5) is 0 Å². The first-order chi connectivity index (χ1) is 12.4. The van der Waals surface area contributed by atoms with Gasteiger partial charge in [-0.1, -0.05) is 22.8 Å². The van der Waals surface area contributed by atoms with Gasteiger partial charge < -0.3 is 9.42 Å². The highest BCUT2D eigenvalue weighted by Gasteiger charge is 2.30. The Morgan fingerprint density at radius 2 is 2.00 bits per heavy atom. The Bertz CT molecular complexity index is 891. The van der Waals surface area contributed by atoms with E-state index < -0.39 is 10.0 Å². The van der Waals surface area contributed by atoms with Gasteiger partial charge in [0.1, 0.15) is 0 Å². The molecule has 140 valence electrons. The van der Waals surface area contributed by atoms with Gasteiger partial charge in [0.15, 0.2) is 5.82 Å². The fourth-order valence-corrected chi connectivity index (χ4v) is 4.49. The van der Waals surface area contributed by atoms with E-state index in [4.69, 9.17) is 16.1 Å². The van der Waals surface area contributed by atoms with Crippen LogP contribution in [-0.4, -0.2) is 59.8 Å². The van der Waals surface area contributed by atoms with Crippen molar-refractivity contribution < 1.29 is 17.7 Å². The average Bonchev–Trinajstić information content (AvgIpc) is 3.05. The van der Waals surface area contributed by atoms with Crippen molar-refractivity contribution in [1.29, 1.82) is 0 Å². The molecule has 10 heteroatoms. The maximum Gasteiger partial charge on any atom is 0.243 e. The van der Waals surface area contributed by atoms with Crippen LogP contribution in [-0.2, 0) is 21.2 Å². The third-order valence-corrected chi connectivity index (χ3v) is 6.28. The minimum atomic E-state index is -3.61. The molecule has 26 heavy (non-hydrogen) atoms. The van der Waals surface area contributed by atoms with Gasteiger partial charge in [0.05, 0.1) is 4.90 Å². The molecule has 1 aliphatic heterocycles. The predicted octanol–water partition coefficient (Wildman–Crippen LogP) is 1.50. The summed E-state index contributed by atoms with van der Waals surface area (Å²) in [6.45, 7) is 2.91. The molecule has 0 radical (unpaired) electrons. The third-order valence-electron chi connectivity index (χ3n) is 4.15. The Balaban J connectivity index is 1.55. The van der Waals surface area contributed by atoms with E-state index in [9.17, 15) is 13.2 Å². The Morgan fingerprint density at radius 1 is 1.27 bits per heavy atom. The summed E-state index contributed by atoms with van der Waals surface area (Å²) >= 11 is 5.89. The largest absolute Gasteiger partial charge is 0.340 e. The highest BCUT2D eigenvalue weighted by Crippen LogP contribution is 2.21. The molecule has 2 heterocycles. The van der Waals surface area contributed by atoms with Crippen molar-refractivity contribution in [3.05, 3.63) is 41.0 Å². The minimum Gasteiger partial charge on any atom is -0.340 e. The number of carbonyl (C=O) groups excluding carboxylic acids is 1. The van der Waals surface area contributed by atoms with E-state index in [1.165, 1.54) is 16.4 Å². The Kier molecular flexibility index (Phi) is 5.59. The molecule has 1 aliphatic rings. The highest BCUT2D eigenvalue weighted by molar-refractivity contribution is 7.89. The van der Waals surface area contributed by atoms with Crippen LogP contribution >= 0.6 is 11.6 Å². The number of carbonyl (C=O) groups is 1. The van der Waals surface area contributed by atoms with Crippen LogP contribution in [0.5, 0.6) is 0 Å². The minimum absolute atomic E-state index is 0.0549. The molecule has 3 rings (SSSR count). The van der Waals surface area contributed by atoms with E-state index in [1.807, 2.05) is 0 Å². The number of benzene rings is 1. The van der Waals surface area contributed by atoms with E-state index in [1.54, 1.807) is 24.0 Å². The lowest BCUT2D eigenvalue weighted by Crippen LogP contribution is -2.50. The second-order valence-corrected chi connectivity index (χ2v) is 8.35. The van der Waals surface area contributed by atoms with E-state index in [0.29, 0.717) is 36.2 Å². The van der Waals surface area contributed by atoms with Crippen LogP contribution in [0, 0.1) is 6.92 Å². The second-order valence-electron chi connectivity index (χ2n) is 5.98. The van der Waals surface area contributed by atoms with Gasteiger partial charge >= 0.3 is 0 Å². The maximum absolute atomic E-state index is 12.7. The first kappa shape index (κ1) is 18.8. The Labute approximate surface area is 156 Å². The molecule has 0 spiro atoms. The molecule has 1 aromatic heterocycles. The predicted molar refractivity (Wildman–Crippen MR) is 94.1 cm³/mol. The molecule has 0 bridgehead atoms. The SMILES string of the molecule is Cc1noc(CCC(=O)N2CCN(S(=O)(=O)c3cccc(Cl)c3)CC2)n1. The number of hydrogen-bond acceptors (Lipinski definition) is 6. The zero-order valence-electron chi connectivity index (χ0n) is 14.3. The number of aromatic nitrogens is 2. The van der Waals surface area contributed by atoms with Crippen LogP contribution in [0.15, 0.2) is 33.7 Å². The first-order valence-electron chi connectivity index (χ1n) is 8.19. The lowest BCUT2D eigenvalue weighted by Gasteiger charge is -2.34. The summed E-state index contributed by atoms with van der Waals surface area (Å²) in [6.07, 6.45) is 0.628. The van der Waals surface area contributed by atoms with Crippen molar-refractivity contribution in [2.45, 2.75) is 24.7 Å². The van der Waals surface area contributed by atoms with E-state index in [0.717, 1.165) is 0 Å². The average molecular weight is 399 g/mol. The van der Waals surface area contributed by atoms with Crippen LogP contribution in [0.25, 0.3) is 0 Å². The number of rotatable bonds is 5. The summed E-state index contributed by atoms with van der Waals surface area (Å²) < 4.78 is 31.7. The number of sulfonamides is 1. The van der Waals surface area contributed by atoms with Crippen molar-refractivity contribution in [3.8, 4) is 0 Å². The zero-order valence-corrected chi connectivity index (χ0v) is 15.8. The highest BCUT2D eigenvalue weighted by atomic mass is 35.5. The fourth-order valence-electron chi connectivity index (χ4n) is 2.77. The van der Waals surface area contributed by atoms with Gasteiger partial charge in [-0.2, -0.15) is 9.29 Å². The van der Waals surface area contributed by atoms with Gasteiger partial charge in [-0.05, 0) is 25.1 Å². The number of hydrogen-bond donors (Lipinski definition) is 0. The molecule has 0 N–H and O–H groups in total. The third kappa shape index (κ3) is 4.22. The zero-order chi connectivity index (χ0) is 18.7. The molecule has 8 nitrogen and oxygen atoms in total. The van der Waals surface area contributed by atoms with E-state index in [2.05, 4.69) is 10.1 Å². The van der Waals surface area contributed by atoms with Gasteiger partial charge in [-0.15, -0.1) is 0 Å². The molecular weight excluding hydrogens is 380 g/mol. The molecule has 2 aromatic rings. The summed E-state index contributed by atoms with van der Waals surface area (Å²) in [5.74, 6) is 0.908. The monoisotopic (exact) mass is 398 g/mol. The standard InChI is InChI=1S/C16H19ClN4O4S/c1-12-18-15(25-19-12)5-6-16(22)20-7-9-21(10-8-20)26(23,24)14-4-2-3-13(17)11-14/h2-4,11H,5-10H2,1H3. The summed E-state index contributed by atoms with van der Waals surface area (Å²) in [4.78, 5) is 18.2. The number of aryl methyl sites for hydroxylation is 2. The summed E-state index contributed by atoms with van der Waals surface area (Å²) in [5.41, 5.74) is 0. The van der Waals surface area contributed by atoms with Crippen LogP contribution in [0.2, 0.25) is 5.02 Å². The van der Waals surface area contributed by atoms with Crippen LogP contribution in [0.1, 0.15) is 18.1 Å². The number of halogens is 1. The topological polar surface area (TPSA) is 96.6 Å². The Hall–Kier alpha value is -1.97. The van der Waals surface area contributed by atoms with Gasteiger partial charge in [-0.25, -0.2) is 8.42 Å². The number of nitrogens with zero attached hydrogens (tertiary/aromatic N) is 4. The smallest absolute Gasteiger partial charge is 0.243 e. The molecule has 1 fully saturated rings. The van der Waals surface area contributed by atoms with Crippen LogP contribution < -0.4 is 0 Å². The molecular formula is C16H19ClN4O4S. The van der Waals surface area contributed by atoms with E-state index >= 15 is 0 Å². The van der Waals surface area contributed by atoms with Crippen LogP contribution in [0.3, 0.4) is 0 Å². The van der Waals surface area contributed by atoms with Gasteiger partial charge in [0.25, 0.3) is 0 Å². The summed E-state index contributed by atoms with van der Waals surface area (Å²) in [7, 11) is -3.61. The normalized spacial score (nSPS) is 16.0. The quantitative estimate of drug-likeness (QED) is 0.757. The van der Waals surface area contributed by atoms with Crippen molar-refractivity contribution in [3.63, 3.8) is 0 Å². The molecule has 0 unspecified atom stereocenters. The summed E-state index contributed by atoms with van der Waals surface area (Å²) in [5, 5.41) is 4.06. The maximum atomic E-state index is 12.7. The van der Waals surface area contributed by atoms with Gasteiger partial charge in [0, 0.05) is 44.0 Å². The second kappa shape index (κ2) is 7.73. The lowest BCUT2D eigenvalue weighted by molar-refractivity contribution is -0.132. The molecule has 0 aliphatic carbocycles. The van der Waals surface area contributed by atoms with Gasteiger partial charge in [-0.3, -0.25) is 4.79 Å². The Morgan fingerprint density at radius 3 is 2.62 bits per heavy atom. The molecule has 0 atom stereocenters. The number of piperazine rings is 1. The number of amides is 1. The lowest BCUT2D eigenvalue weighted by atomic mass is 10.2.